The molecule has 1 aliphatic carbocycles. The van der Waals surface area contributed by atoms with Crippen molar-refractivity contribution in [1.82, 2.24) is 4.90 Å². The first kappa shape index (κ1) is 14.9. The van der Waals surface area contributed by atoms with Gasteiger partial charge in [-0.05, 0) is 56.2 Å². The molecule has 2 aliphatic rings. The van der Waals surface area contributed by atoms with Crippen LogP contribution in [-0.2, 0) is 4.79 Å². The summed E-state index contributed by atoms with van der Waals surface area (Å²) in [5.41, 5.74) is 7.11. The van der Waals surface area contributed by atoms with Crippen LogP contribution in [0, 0.1) is 5.92 Å². The molecular formula is C17H23ClN2O. The van der Waals surface area contributed by atoms with Gasteiger partial charge in [-0.2, -0.15) is 0 Å². The van der Waals surface area contributed by atoms with Gasteiger partial charge in [0.15, 0.2) is 0 Å². The molecule has 1 amide bonds. The summed E-state index contributed by atoms with van der Waals surface area (Å²) in [6.45, 7) is 0.874. The maximum absolute atomic E-state index is 12.8. The van der Waals surface area contributed by atoms with E-state index in [-0.39, 0.29) is 18.0 Å². The Balaban J connectivity index is 1.73. The van der Waals surface area contributed by atoms with Gasteiger partial charge in [0.25, 0.3) is 0 Å². The summed E-state index contributed by atoms with van der Waals surface area (Å²) < 4.78 is 0. The second-order valence-electron chi connectivity index (χ2n) is 6.36. The highest BCUT2D eigenvalue weighted by molar-refractivity contribution is 6.30. The number of hydrogen-bond donors (Lipinski definition) is 1. The number of benzene rings is 1. The van der Waals surface area contributed by atoms with Crippen LogP contribution in [0.25, 0.3) is 0 Å². The molecule has 1 unspecified atom stereocenters. The summed E-state index contributed by atoms with van der Waals surface area (Å²) in [5.74, 6) is 0.494. The fraction of sp³-hybridized carbons (Fsp3) is 0.588. The Bertz CT molecular complexity index is 511. The maximum Gasteiger partial charge on any atom is 0.226 e. The molecule has 114 valence electrons. The summed E-state index contributed by atoms with van der Waals surface area (Å²) in [5, 5.41) is 0.746. The standard InChI is InChI=1S/C17H23ClN2O/c18-14-4-1-3-13(11-14)16-5-2-10-20(16)17(21)12-6-8-15(19)9-7-12/h1,3-4,11-12,15-16H,2,5-10,19H2. The highest BCUT2D eigenvalue weighted by Crippen LogP contribution is 2.36. The zero-order chi connectivity index (χ0) is 14.8. The third-order valence-electron chi connectivity index (χ3n) is 4.89. The minimum absolute atomic E-state index is 0.171. The Hall–Kier alpha value is -1.06. The minimum Gasteiger partial charge on any atom is -0.335 e. The summed E-state index contributed by atoms with van der Waals surface area (Å²) in [6.07, 6.45) is 5.96. The molecule has 1 aliphatic heterocycles. The minimum atomic E-state index is 0.171. The highest BCUT2D eigenvalue weighted by Gasteiger charge is 2.35. The maximum atomic E-state index is 12.8. The number of nitrogens with zero attached hydrogens (tertiary/aromatic N) is 1. The molecule has 3 rings (SSSR count). The molecular weight excluding hydrogens is 284 g/mol. The smallest absolute Gasteiger partial charge is 0.226 e. The van der Waals surface area contributed by atoms with E-state index in [1.807, 2.05) is 18.2 Å². The summed E-state index contributed by atoms with van der Waals surface area (Å²) in [6, 6.07) is 8.42. The Morgan fingerprint density at radius 3 is 2.67 bits per heavy atom. The van der Waals surface area contributed by atoms with Gasteiger partial charge in [-0.25, -0.2) is 0 Å². The van der Waals surface area contributed by atoms with E-state index in [0.29, 0.717) is 5.91 Å². The molecule has 3 nitrogen and oxygen atoms in total. The predicted molar refractivity (Wildman–Crippen MR) is 85.1 cm³/mol. The monoisotopic (exact) mass is 306 g/mol. The number of likely N-dealkylation sites (tertiary alicyclic amines) is 1. The molecule has 4 heteroatoms. The molecule has 0 radical (unpaired) electrons. The molecule has 1 atom stereocenters. The van der Waals surface area contributed by atoms with Crippen LogP contribution in [0.1, 0.15) is 50.1 Å². The van der Waals surface area contributed by atoms with Crippen LogP contribution in [0.5, 0.6) is 0 Å². The van der Waals surface area contributed by atoms with Gasteiger partial charge < -0.3 is 10.6 Å². The first-order valence-corrected chi connectivity index (χ1v) is 8.34. The predicted octanol–water partition coefficient (Wildman–Crippen LogP) is 3.52. The van der Waals surface area contributed by atoms with Crippen LogP contribution >= 0.6 is 11.6 Å². The van der Waals surface area contributed by atoms with Crippen molar-refractivity contribution in [3.05, 3.63) is 34.9 Å². The van der Waals surface area contributed by atoms with E-state index in [1.165, 1.54) is 5.56 Å². The van der Waals surface area contributed by atoms with E-state index >= 15 is 0 Å². The molecule has 2 N–H and O–H groups in total. The molecule has 1 saturated heterocycles. The van der Waals surface area contributed by atoms with Crippen LogP contribution in [0.2, 0.25) is 5.02 Å². The number of nitrogens with two attached hydrogens (primary N) is 1. The number of carbonyl (C=O) groups excluding carboxylic acids is 1. The Morgan fingerprint density at radius 1 is 1.19 bits per heavy atom. The van der Waals surface area contributed by atoms with Crippen LogP contribution in [-0.4, -0.2) is 23.4 Å². The molecule has 1 heterocycles. The fourth-order valence-corrected chi connectivity index (χ4v) is 3.89. The average molecular weight is 307 g/mol. The Kier molecular flexibility index (Phi) is 4.51. The number of halogens is 1. The van der Waals surface area contributed by atoms with Gasteiger partial charge >= 0.3 is 0 Å². The third-order valence-corrected chi connectivity index (χ3v) is 5.13. The normalized spacial score (nSPS) is 29.6. The summed E-state index contributed by atoms with van der Waals surface area (Å²) in [7, 11) is 0. The highest BCUT2D eigenvalue weighted by atomic mass is 35.5. The largest absolute Gasteiger partial charge is 0.335 e. The van der Waals surface area contributed by atoms with Crippen LogP contribution in [0.4, 0.5) is 0 Å². The van der Waals surface area contributed by atoms with Crippen molar-refractivity contribution in [2.75, 3.05) is 6.54 Å². The van der Waals surface area contributed by atoms with Crippen LogP contribution in [0.15, 0.2) is 24.3 Å². The van der Waals surface area contributed by atoms with Gasteiger partial charge in [0.1, 0.15) is 0 Å². The van der Waals surface area contributed by atoms with Gasteiger partial charge in [-0.3, -0.25) is 4.79 Å². The van der Waals surface area contributed by atoms with Crippen LogP contribution < -0.4 is 5.73 Å². The van der Waals surface area contributed by atoms with Gasteiger partial charge in [0, 0.05) is 23.5 Å². The lowest BCUT2D eigenvalue weighted by molar-refractivity contribution is -0.137. The average Bonchev–Trinajstić information content (AvgIpc) is 2.97. The Labute approximate surface area is 131 Å². The van der Waals surface area contributed by atoms with Crippen molar-refractivity contribution in [2.24, 2.45) is 11.7 Å². The second kappa shape index (κ2) is 6.37. The molecule has 21 heavy (non-hydrogen) atoms. The summed E-state index contributed by atoms with van der Waals surface area (Å²) >= 11 is 6.10. The molecule has 1 aromatic carbocycles. The van der Waals surface area contributed by atoms with Crippen molar-refractivity contribution in [3.63, 3.8) is 0 Å². The van der Waals surface area contributed by atoms with Crippen LogP contribution in [0.3, 0.4) is 0 Å². The van der Waals surface area contributed by atoms with Crippen molar-refractivity contribution >= 4 is 17.5 Å². The van der Waals surface area contributed by atoms with E-state index in [2.05, 4.69) is 11.0 Å². The van der Waals surface area contributed by atoms with Gasteiger partial charge in [-0.15, -0.1) is 0 Å². The molecule has 0 spiro atoms. The van der Waals surface area contributed by atoms with Gasteiger partial charge in [0.05, 0.1) is 6.04 Å². The number of hydrogen-bond acceptors (Lipinski definition) is 2. The molecule has 1 saturated carbocycles. The topological polar surface area (TPSA) is 46.3 Å². The molecule has 0 bridgehead atoms. The fourth-order valence-electron chi connectivity index (χ4n) is 3.69. The van der Waals surface area contributed by atoms with E-state index in [4.69, 9.17) is 17.3 Å². The number of carbonyl (C=O) groups is 1. The van der Waals surface area contributed by atoms with Crippen molar-refractivity contribution in [1.29, 1.82) is 0 Å². The van der Waals surface area contributed by atoms with E-state index < -0.39 is 0 Å². The van der Waals surface area contributed by atoms with Crippen molar-refractivity contribution in [2.45, 2.75) is 50.6 Å². The van der Waals surface area contributed by atoms with Gasteiger partial charge in [-0.1, -0.05) is 23.7 Å². The lowest BCUT2D eigenvalue weighted by Crippen LogP contribution is -2.39. The summed E-state index contributed by atoms with van der Waals surface area (Å²) in [4.78, 5) is 14.9. The first-order chi connectivity index (χ1) is 10.1. The van der Waals surface area contributed by atoms with E-state index in [9.17, 15) is 4.79 Å². The lowest BCUT2D eigenvalue weighted by Gasteiger charge is -2.32. The molecule has 0 aromatic heterocycles. The number of amides is 1. The van der Waals surface area contributed by atoms with Gasteiger partial charge in [0.2, 0.25) is 5.91 Å². The molecule has 1 aromatic rings. The Morgan fingerprint density at radius 2 is 1.95 bits per heavy atom. The zero-order valence-electron chi connectivity index (χ0n) is 12.3. The number of rotatable bonds is 2. The third kappa shape index (κ3) is 3.24. The van der Waals surface area contributed by atoms with E-state index in [1.54, 1.807) is 0 Å². The molecule has 2 fully saturated rings. The lowest BCUT2D eigenvalue weighted by atomic mass is 9.85. The van der Waals surface area contributed by atoms with Crippen molar-refractivity contribution < 1.29 is 4.79 Å². The van der Waals surface area contributed by atoms with E-state index in [0.717, 1.165) is 50.1 Å². The second-order valence-corrected chi connectivity index (χ2v) is 6.79. The SMILES string of the molecule is NC1CCC(C(=O)N2CCCC2c2cccc(Cl)c2)CC1. The quantitative estimate of drug-likeness (QED) is 0.908. The first-order valence-electron chi connectivity index (χ1n) is 7.96. The zero-order valence-corrected chi connectivity index (χ0v) is 13.1. The van der Waals surface area contributed by atoms with Crippen molar-refractivity contribution in [3.8, 4) is 0 Å².